The number of rotatable bonds is 1. The van der Waals surface area contributed by atoms with Gasteiger partial charge in [0.25, 0.3) is 11.7 Å². The number of ether oxygens (including phenoxy) is 1. The smallest absolute Gasteiger partial charge is 0.295 e. The second-order valence-electron chi connectivity index (χ2n) is 4.61. The summed E-state index contributed by atoms with van der Waals surface area (Å²) >= 11 is 0. The zero-order chi connectivity index (χ0) is 11.8. The molecule has 1 atom stereocenters. The number of nitrogens with one attached hydrogen (secondary N) is 1. The number of carbonyl (C=O) groups excluding carboxylic acids is 1. The van der Waals surface area contributed by atoms with Crippen LogP contribution in [0.5, 0.6) is 0 Å². The molecule has 0 aromatic carbocycles. The first kappa shape index (κ1) is 11.0. The van der Waals surface area contributed by atoms with E-state index in [1.165, 1.54) is 0 Å². The highest BCUT2D eigenvalue weighted by atomic mass is 16.5. The van der Waals surface area contributed by atoms with Gasteiger partial charge in [-0.2, -0.15) is 5.21 Å². The number of hydrogen-bond acceptors (Lipinski definition) is 5. The van der Waals surface area contributed by atoms with E-state index in [1.807, 2.05) is 20.8 Å². The molecule has 0 aliphatic carbocycles. The molecule has 0 saturated carbocycles. The Morgan fingerprint density at radius 2 is 2.38 bits per heavy atom. The Bertz CT molecular complexity index is 375. The van der Waals surface area contributed by atoms with Gasteiger partial charge >= 0.3 is 0 Å². The molecular formula is C9H15N5O2. The lowest BCUT2D eigenvalue weighted by atomic mass is 10.1. The number of carbonyl (C=O) groups is 1. The average molecular weight is 225 g/mol. The van der Waals surface area contributed by atoms with Crippen LogP contribution in [-0.4, -0.2) is 56.2 Å². The lowest BCUT2D eigenvalue weighted by Gasteiger charge is -2.41. The summed E-state index contributed by atoms with van der Waals surface area (Å²) in [6.45, 7) is 6.94. The molecule has 0 radical (unpaired) electrons. The van der Waals surface area contributed by atoms with Gasteiger partial charge in [0.2, 0.25) is 0 Å². The standard InChI is InChI=1S/C9H15N5O2/c1-6-4-14(5-9(2,3)16-6)8(15)7-10-12-13-11-7/h6H,4-5H2,1-3H3,(H,10,11,12,13). The first-order valence-corrected chi connectivity index (χ1v) is 5.18. The van der Waals surface area contributed by atoms with Crippen molar-refractivity contribution < 1.29 is 9.53 Å². The summed E-state index contributed by atoms with van der Waals surface area (Å²) in [5, 5.41) is 13.0. The van der Waals surface area contributed by atoms with E-state index in [-0.39, 0.29) is 23.4 Å². The van der Waals surface area contributed by atoms with Crippen molar-refractivity contribution in [1.82, 2.24) is 25.5 Å². The van der Waals surface area contributed by atoms with Gasteiger partial charge in [0.15, 0.2) is 0 Å². The van der Waals surface area contributed by atoms with Crippen LogP contribution in [0, 0.1) is 0 Å². The Balaban J connectivity index is 2.12. The molecule has 88 valence electrons. The highest BCUT2D eigenvalue weighted by Gasteiger charge is 2.35. The maximum atomic E-state index is 12.0. The molecule has 16 heavy (non-hydrogen) atoms. The molecule has 2 heterocycles. The predicted octanol–water partition coefficient (Wildman–Crippen LogP) is -0.161. The van der Waals surface area contributed by atoms with E-state index in [4.69, 9.17) is 4.74 Å². The summed E-state index contributed by atoms with van der Waals surface area (Å²) in [5.41, 5.74) is -0.336. The Morgan fingerprint density at radius 3 is 2.94 bits per heavy atom. The fraction of sp³-hybridized carbons (Fsp3) is 0.778. The van der Waals surface area contributed by atoms with Crippen molar-refractivity contribution in [2.45, 2.75) is 32.5 Å². The predicted molar refractivity (Wildman–Crippen MR) is 54.7 cm³/mol. The van der Waals surface area contributed by atoms with E-state index < -0.39 is 0 Å². The van der Waals surface area contributed by atoms with Crippen molar-refractivity contribution in [1.29, 1.82) is 0 Å². The van der Waals surface area contributed by atoms with E-state index in [0.717, 1.165) is 0 Å². The minimum absolute atomic E-state index is 0.0135. The third-order valence-electron chi connectivity index (χ3n) is 2.39. The normalized spacial score (nSPS) is 24.4. The molecule has 1 unspecified atom stereocenters. The summed E-state index contributed by atoms with van der Waals surface area (Å²) in [5.74, 6) is -0.109. The van der Waals surface area contributed by atoms with Crippen LogP contribution in [0.25, 0.3) is 0 Å². The Morgan fingerprint density at radius 1 is 1.62 bits per heavy atom. The fourth-order valence-electron chi connectivity index (χ4n) is 2.00. The maximum absolute atomic E-state index is 12.0. The molecule has 7 heteroatoms. The SMILES string of the molecule is CC1CN(C(=O)c2nn[nH]n2)CC(C)(C)O1. The van der Waals surface area contributed by atoms with Crippen molar-refractivity contribution in [3.63, 3.8) is 0 Å². The first-order chi connectivity index (χ1) is 7.48. The van der Waals surface area contributed by atoms with E-state index >= 15 is 0 Å². The number of nitrogens with zero attached hydrogens (tertiary/aromatic N) is 4. The quantitative estimate of drug-likeness (QED) is 0.718. The third kappa shape index (κ3) is 2.19. The van der Waals surface area contributed by atoms with Gasteiger partial charge in [0, 0.05) is 13.1 Å². The molecule has 0 spiro atoms. The van der Waals surface area contributed by atoms with Gasteiger partial charge < -0.3 is 9.64 Å². The topological polar surface area (TPSA) is 84.0 Å². The van der Waals surface area contributed by atoms with Crippen LogP contribution in [0.3, 0.4) is 0 Å². The molecule has 1 aromatic rings. The van der Waals surface area contributed by atoms with Crippen LogP contribution in [-0.2, 0) is 4.74 Å². The van der Waals surface area contributed by atoms with Gasteiger partial charge in [-0.3, -0.25) is 4.79 Å². The largest absolute Gasteiger partial charge is 0.369 e. The second kappa shape index (κ2) is 3.82. The van der Waals surface area contributed by atoms with Crippen molar-refractivity contribution in [2.75, 3.05) is 13.1 Å². The molecule has 1 fully saturated rings. The summed E-state index contributed by atoms with van der Waals surface area (Å²) in [6, 6.07) is 0. The Hall–Kier alpha value is -1.50. The molecule has 1 aliphatic rings. The summed E-state index contributed by atoms with van der Waals surface area (Å²) in [4.78, 5) is 13.7. The van der Waals surface area contributed by atoms with Crippen LogP contribution in [0.1, 0.15) is 31.4 Å². The van der Waals surface area contributed by atoms with Gasteiger partial charge in [-0.1, -0.05) is 0 Å². The van der Waals surface area contributed by atoms with Gasteiger partial charge in [0.1, 0.15) is 0 Å². The molecule has 0 bridgehead atoms. The van der Waals surface area contributed by atoms with E-state index in [1.54, 1.807) is 4.90 Å². The maximum Gasteiger partial charge on any atom is 0.295 e. The molecule has 7 nitrogen and oxygen atoms in total. The van der Waals surface area contributed by atoms with E-state index in [2.05, 4.69) is 20.6 Å². The van der Waals surface area contributed by atoms with Crippen molar-refractivity contribution >= 4 is 5.91 Å². The monoisotopic (exact) mass is 225 g/mol. The van der Waals surface area contributed by atoms with Crippen molar-refractivity contribution in [2.24, 2.45) is 0 Å². The number of morpholine rings is 1. The molecular weight excluding hydrogens is 210 g/mol. The Kier molecular flexibility index (Phi) is 2.63. The first-order valence-electron chi connectivity index (χ1n) is 5.18. The third-order valence-corrected chi connectivity index (χ3v) is 2.39. The molecule has 1 saturated heterocycles. The zero-order valence-corrected chi connectivity index (χ0v) is 9.60. The van der Waals surface area contributed by atoms with Crippen LogP contribution in [0.4, 0.5) is 0 Å². The number of hydrogen-bond donors (Lipinski definition) is 1. The number of tetrazole rings is 1. The van der Waals surface area contributed by atoms with Crippen LogP contribution in [0.15, 0.2) is 0 Å². The minimum atomic E-state index is -0.336. The highest BCUT2D eigenvalue weighted by molar-refractivity contribution is 5.90. The van der Waals surface area contributed by atoms with E-state index in [9.17, 15) is 4.79 Å². The van der Waals surface area contributed by atoms with Crippen LogP contribution in [0.2, 0.25) is 0 Å². The minimum Gasteiger partial charge on any atom is -0.369 e. The summed E-state index contributed by atoms with van der Waals surface area (Å²) in [6.07, 6.45) is 0.0135. The molecule has 1 aromatic heterocycles. The van der Waals surface area contributed by atoms with Gasteiger partial charge in [-0.25, -0.2) is 0 Å². The molecule has 1 amide bonds. The zero-order valence-electron chi connectivity index (χ0n) is 9.60. The highest BCUT2D eigenvalue weighted by Crippen LogP contribution is 2.21. The number of aromatic amines is 1. The summed E-state index contributed by atoms with van der Waals surface area (Å²) in [7, 11) is 0. The van der Waals surface area contributed by atoms with Crippen LogP contribution >= 0.6 is 0 Å². The number of amides is 1. The van der Waals surface area contributed by atoms with Crippen LogP contribution < -0.4 is 0 Å². The fourth-order valence-corrected chi connectivity index (χ4v) is 2.00. The molecule has 1 N–H and O–H groups in total. The van der Waals surface area contributed by atoms with Gasteiger partial charge in [0.05, 0.1) is 11.7 Å². The lowest BCUT2D eigenvalue weighted by molar-refractivity contribution is -0.119. The molecule has 1 aliphatic heterocycles. The summed E-state index contributed by atoms with van der Waals surface area (Å²) < 4.78 is 5.71. The van der Waals surface area contributed by atoms with E-state index in [0.29, 0.717) is 13.1 Å². The number of H-pyrrole nitrogens is 1. The molecule has 2 rings (SSSR count). The Labute approximate surface area is 93.2 Å². The lowest BCUT2D eigenvalue weighted by Crippen LogP contribution is -2.54. The van der Waals surface area contributed by atoms with Crippen molar-refractivity contribution in [3.8, 4) is 0 Å². The van der Waals surface area contributed by atoms with Crippen molar-refractivity contribution in [3.05, 3.63) is 5.82 Å². The van der Waals surface area contributed by atoms with Gasteiger partial charge in [-0.15, -0.1) is 10.2 Å². The van der Waals surface area contributed by atoms with Gasteiger partial charge in [-0.05, 0) is 26.0 Å². The average Bonchev–Trinajstić information content (AvgIpc) is 2.65. The number of aromatic nitrogens is 4. The second-order valence-corrected chi connectivity index (χ2v) is 4.61.